The van der Waals surface area contributed by atoms with Gasteiger partial charge in [-0.25, -0.2) is 9.67 Å². The van der Waals surface area contributed by atoms with Crippen molar-refractivity contribution in [3.63, 3.8) is 0 Å². The third-order valence-corrected chi connectivity index (χ3v) is 4.70. The topological polar surface area (TPSA) is 59.8 Å². The largest absolute Gasteiger partial charge is 0.353 e. The monoisotopic (exact) mass is 354 g/mol. The number of nitrogens with one attached hydrogen (secondary N) is 1. The Kier molecular flexibility index (Phi) is 3.76. The van der Waals surface area contributed by atoms with Crippen LogP contribution in [-0.2, 0) is 0 Å². The summed E-state index contributed by atoms with van der Waals surface area (Å²) in [4.78, 5) is 16.0. The first-order valence-corrected chi connectivity index (χ1v) is 8.40. The van der Waals surface area contributed by atoms with Crippen molar-refractivity contribution in [3.8, 4) is 5.69 Å². The number of hydrogen-bond acceptors (Lipinski definition) is 5. The number of fused-ring (bicyclic) bond motifs is 1. The minimum absolute atomic E-state index is 0.646. The van der Waals surface area contributed by atoms with E-state index in [4.69, 9.17) is 11.6 Å². The zero-order valence-electron chi connectivity index (χ0n) is 12.3. The Morgan fingerprint density at radius 3 is 2.88 bits per heavy atom. The molecule has 0 spiro atoms. The molecule has 5 nitrogen and oxygen atoms in total. The molecular formula is C17H11ClN4OS. The highest BCUT2D eigenvalue weighted by Gasteiger charge is 2.09. The summed E-state index contributed by atoms with van der Waals surface area (Å²) in [6.07, 6.45) is 4.31. The average molecular weight is 355 g/mol. The van der Waals surface area contributed by atoms with Gasteiger partial charge in [0.2, 0.25) is 0 Å². The van der Waals surface area contributed by atoms with Crippen LogP contribution in [0.25, 0.3) is 16.7 Å². The fraction of sp³-hybridized carbons (Fsp3) is 0. The normalized spacial score (nSPS) is 10.9. The number of anilines is 2. The predicted octanol–water partition coefficient (Wildman–Crippen LogP) is 4.69. The molecule has 0 amide bonds. The Hall–Kier alpha value is -2.70. The Balaban J connectivity index is 1.70. The van der Waals surface area contributed by atoms with Crippen molar-refractivity contribution in [2.45, 2.75) is 0 Å². The minimum atomic E-state index is 0.646. The molecule has 4 rings (SSSR count). The number of para-hydroxylation sites is 1. The molecule has 0 aliphatic carbocycles. The van der Waals surface area contributed by atoms with Crippen LogP contribution in [0.5, 0.6) is 0 Å². The van der Waals surface area contributed by atoms with Gasteiger partial charge in [-0.1, -0.05) is 23.7 Å². The number of rotatable bonds is 4. The number of benzene rings is 1. The van der Waals surface area contributed by atoms with Gasteiger partial charge in [-0.2, -0.15) is 5.10 Å². The number of pyridine rings is 1. The van der Waals surface area contributed by atoms with Crippen LogP contribution in [0.4, 0.5) is 11.4 Å². The van der Waals surface area contributed by atoms with E-state index in [1.165, 1.54) is 11.3 Å². The van der Waals surface area contributed by atoms with Crippen molar-refractivity contribution in [3.05, 3.63) is 64.1 Å². The standard InChI is InChI=1S/C17H11ClN4OS/c18-15-3-1-2-4-16(15)21-12-5-11-7-20-22(17(11)19-8-12)13-6-14(9-23)24-10-13/h1-10,21H. The van der Waals surface area contributed by atoms with E-state index < -0.39 is 0 Å². The van der Waals surface area contributed by atoms with Gasteiger partial charge < -0.3 is 5.32 Å². The molecule has 0 bridgehead atoms. The molecule has 1 aromatic carbocycles. The second-order valence-corrected chi connectivity index (χ2v) is 6.47. The second kappa shape index (κ2) is 6.07. The lowest BCUT2D eigenvalue weighted by molar-refractivity contribution is 0.112. The van der Waals surface area contributed by atoms with Crippen LogP contribution < -0.4 is 5.32 Å². The van der Waals surface area contributed by atoms with Crippen LogP contribution in [0.2, 0.25) is 5.02 Å². The molecule has 0 fully saturated rings. The van der Waals surface area contributed by atoms with Gasteiger partial charge in [-0.15, -0.1) is 11.3 Å². The summed E-state index contributed by atoms with van der Waals surface area (Å²) in [6.45, 7) is 0. The molecular weight excluding hydrogens is 344 g/mol. The first kappa shape index (κ1) is 14.9. The molecule has 3 aromatic heterocycles. The van der Waals surface area contributed by atoms with Crippen LogP contribution in [0, 0.1) is 0 Å². The number of thiophene rings is 1. The molecule has 0 unspecified atom stereocenters. The number of carbonyl (C=O) groups is 1. The summed E-state index contributed by atoms with van der Waals surface area (Å²) in [6, 6.07) is 11.3. The number of carbonyl (C=O) groups excluding carboxylic acids is 1. The molecule has 118 valence electrons. The summed E-state index contributed by atoms with van der Waals surface area (Å²) >= 11 is 7.55. The zero-order valence-corrected chi connectivity index (χ0v) is 13.9. The highest BCUT2D eigenvalue weighted by Crippen LogP contribution is 2.27. The number of nitrogens with zero attached hydrogens (tertiary/aromatic N) is 3. The molecule has 0 aliphatic rings. The first-order valence-electron chi connectivity index (χ1n) is 7.14. The molecule has 0 saturated heterocycles. The van der Waals surface area contributed by atoms with E-state index in [1.54, 1.807) is 23.1 Å². The van der Waals surface area contributed by atoms with Gasteiger partial charge >= 0.3 is 0 Å². The molecule has 0 atom stereocenters. The van der Waals surface area contributed by atoms with Gasteiger partial charge in [-0.05, 0) is 24.3 Å². The SMILES string of the molecule is O=Cc1cc(-n2ncc3cc(Nc4ccccc4Cl)cnc32)cs1. The Bertz CT molecular complexity index is 1040. The summed E-state index contributed by atoms with van der Waals surface area (Å²) in [5, 5.41) is 11.0. The molecule has 24 heavy (non-hydrogen) atoms. The maximum Gasteiger partial charge on any atom is 0.163 e. The van der Waals surface area contributed by atoms with E-state index in [1.807, 2.05) is 35.7 Å². The van der Waals surface area contributed by atoms with Crippen molar-refractivity contribution in [1.29, 1.82) is 0 Å². The number of aldehydes is 1. The van der Waals surface area contributed by atoms with Gasteiger partial charge in [-0.3, -0.25) is 4.79 Å². The van der Waals surface area contributed by atoms with Crippen molar-refractivity contribution in [1.82, 2.24) is 14.8 Å². The van der Waals surface area contributed by atoms with Gasteiger partial charge in [0.1, 0.15) is 0 Å². The maximum atomic E-state index is 10.8. The third-order valence-electron chi connectivity index (χ3n) is 3.53. The van der Waals surface area contributed by atoms with Crippen molar-refractivity contribution >= 4 is 51.6 Å². The van der Waals surface area contributed by atoms with Gasteiger partial charge in [0.25, 0.3) is 0 Å². The van der Waals surface area contributed by atoms with Crippen LogP contribution in [-0.4, -0.2) is 21.1 Å². The average Bonchev–Trinajstić information content (AvgIpc) is 3.22. The van der Waals surface area contributed by atoms with Crippen LogP contribution in [0.1, 0.15) is 9.67 Å². The lowest BCUT2D eigenvalue weighted by Gasteiger charge is -2.08. The molecule has 1 N–H and O–H groups in total. The van der Waals surface area contributed by atoms with Gasteiger partial charge in [0.05, 0.1) is 39.4 Å². The number of aromatic nitrogens is 3. The maximum absolute atomic E-state index is 10.8. The zero-order chi connectivity index (χ0) is 16.5. The van der Waals surface area contributed by atoms with Crippen molar-refractivity contribution < 1.29 is 4.79 Å². The number of hydrogen-bond donors (Lipinski definition) is 1. The first-order chi connectivity index (χ1) is 11.7. The highest BCUT2D eigenvalue weighted by molar-refractivity contribution is 7.12. The lowest BCUT2D eigenvalue weighted by atomic mass is 10.3. The summed E-state index contributed by atoms with van der Waals surface area (Å²) in [5.74, 6) is 0. The predicted molar refractivity (Wildman–Crippen MR) is 96.9 cm³/mol. The second-order valence-electron chi connectivity index (χ2n) is 5.12. The van der Waals surface area contributed by atoms with Gasteiger partial charge in [0.15, 0.2) is 11.9 Å². The van der Waals surface area contributed by atoms with Crippen molar-refractivity contribution in [2.24, 2.45) is 0 Å². The summed E-state index contributed by atoms with van der Waals surface area (Å²) in [7, 11) is 0. The Labute approximate surface area is 146 Å². The van der Waals surface area contributed by atoms with Crippen LogP contribution >= 0.6 is 22.9 Å². The molecule has 3 heterocycles. The van der Waals surface area contributed by atoms with E-state index in [2.05, 4.69) is 15.4 Å². The molecule has 0 radical (unpaired) electrons. The smallest absolute Gasteiger partial charge is 0.163 e. The minimum Gasteiger partial charge on any atom is -0.353 e. The molecule has 0 aliphatic heterocycles. The van der Waals surface area contributed by atoms with Crippen molar-refractivity contribution in [2.75, 3.05) is 5.32 Å². The van der Waals surface area contributed by atoms with E-state index in [0.717, 1.165) is 34.4 Å². The molecule has 0 saturated carbocycles. The molecule has 4 aromatic rings. The van der Waals surface area contributed by atoms with E-state index >= 15 is 0 Å². The van der Waals surface area contributed by atoms with E-state index in [9.17, 15) is 4.79 Å². The fourth-order valence-electron chi connectivity index (χ4n) is 2.41. The fourth-order valence-corrected chi connectivity index (χ4v) is 3.26. The quantitative estimate of drug-likeness (QED) is 0.540. The van der Waals surface area contributed by atoms with Crippen LogP contribution in [0.3, 0.4) is 0 Å². The van der Waals surface area contributed by atoms with E-state index in [-0.39, 0.29) is 0 Å². The Morgan fingerprint density at radius 2 is 2.08 bits per heavy atom. The lowest BCUT2D eigenvalue weighted by Crippen LogP contribution is -1.96. The number of halogens is 1. The van der Waals surface area contributed by atoms with Crippen LogP contribution in [0.15, 0.2) is 54.2 Å². The molecule has 7 heteroatoms. The highest BCUT2D eigenvalue weighted by atomic mass is 35.5. The Morgan fingerprint density at radius 1 is 1.21 bits per heavy atom. The summed E-state index contributed by atoms with van der Waals surface area (Å²) < 4.78 is 1.72. The van der Waals surface area contributed by atoms with Gasteiger partial charge in [0, 0.05) is 10.8 Å². The van der Waals surface area contributed by atoms with E-state index in [0.29, 0.717) is 9.90 Å². The summed E-state index contributed by atoms with van der Waals surface area (Å²) in [5.41, 5.74) is 3.21. The third kappa shape index (κ3) is 2.66.